The van der Waals surface area contributed by atoms with Crippen LogP contribution in [-0.2, 0) is 9.54 Å². The third kappa shape index (κ3) is 2.76. The van der Waals surface area contributed by atoms with Crippen molar-refractivity contribution in [3.8, 4) is 0 Å². The van der Waals surface area contributed by atoms with Gasteiger partial charge in [-0.15, -0.1) is 11.8 Å². The van der Waals surface area contributed by atoms with Crippen molar-refractivity contribution in [1.82, 2.24) is 0 Å². The maximum absolute atomic E-state index is 13.1. The Morgan fingerprint density at radius 3 is 2.56 bits per heavy atom. The summed E-state index contributed by atoms with van der Waals surface area (Å²) in [7, 11) is 0. The molecule has 0 aromatic heterocycles. The summed E-state index contributed by atoms with van der Waals surface area (Å²) in [5.41, 5.74) is 0.485. The van der Waals surface area contributed by atoms with Gasteiger partial charge in [0.15, 0.2) is 0 Å². The van der Waals surface area contributed by atoms with E-state index in [1.807, 2.05) is 13.8 Å². The summed E-state index contributed by atoms with van der Waals surface area (Å²) in [5, 5.41) is 9.44. The highest BCUT2D eigenvalue weighted by atomic mass is 32.2. The molecule has 0 amide bonds. The molecule has 0 radical (unpaired) electrons. The zero-order chi connectivity index (χ0) is 12.3. The fraction of sp³-hybridized carbons (Fsp3) is 0.417. The number of rotatable bonds is 4. The van der Waals surface area contributed by atoms with Gasteiger partial charge in [-0.2, -0.15) is 0 Å². The van der Waals surface area contributed by atoms with Crippen molar-refractivity contribution < 1.29 is 14.3 Å². The molecule has 0 saturated carbocycles. The van der Waals surface area contributed by atoms with Gasteiger partial charge in [0.25, 0.3) is 0 Å². The number of hydrogen-bond donors (Lipinski definition) is 1. The molecule has 4 heteroatoms. The van der Waals surface area contributed by atoms with E-state index < -0.39 is 16.5 Å². The second-order valence-electron chi connectivity index (χ2n) is 4.02. The first kappa shape index (κ1) is 13.0. The molecule has 2 nitrogen and oxygen atoms in total. The molecule has 1 rings (SSSR count). The predicted molar refractivity (Wildman–Crippen MR) is 64.1 cm³/mol. The van der Waals surface area contributed by atoms with Gasteiger partial charge in [-0.1, -0.05) is 26.0 Å². The van der Waals surface area contributed by atoms with Gasteiger partial charge >= 0.3 is 5.97 Å². The van der Waals surface area contributed by atoms with Crippen LogP contribution in [0.25, 0.3) is 0 Å². The first-order valence-electron chi connectivity index (χ1n) is 5.03. The minimum Gasteiger partial charge on any atom is -0.480 e. The summed E-state index contributed by atoms with van der Waals surface area (Å²) >= 11 is 1.31. The van der Waals surface area contributed by atoms with Crippen LogP contribution in [0, 0.1) is 5.82 Å². The maximum Gasteiger partial charge on any atom is 0.324 e. The number of aliphatic carboxylic acids is 1. The molecule has 1 aromatic carbocycles. The summed E-state index contributed by atoms with van der Waals surface area (Å²) < 4.78 is 12.0. The topological polar surface area (TPSA) is 37.3 Å². The minimum absolute atomic E-state index is 0.157. The highest BCUT2D eigenvalue weighted by Crippen LogP contribution is 2.39. The maximum atomic E-state index is 13.1. The molecule has 0 heterocycles. The molecule has 1 unspecified atom stereocenters. The fourth-order valence-electron chi connectivity index (χ4n) is 1.50. The zero-order valence-electron chi connectivity index (χ0n) is 9.53. The molecular weight excluding hydrogens is 227 g/mol. The van der Waals surface area contributed by atoms with Crippen LogP contribution in [0.2, 0.25) is 0 Å². The Balaban J connectivity index is 3.16. The van der Waals surface area contributed by atoms with E-state index in [4.69, 9.17) is 0 Å². The molecule has 0 aliphatic heterocycles. The highest BCUT2D eigenvalue weighted by molar-refractivity contribution is 8.01. The van der Waals surface area contributed by atoms with E-state index in [-0.39, 0.29) is 5.25 Å². The lowest BCUT2D eigenvalue weighted by Gasteiger charge is -2.26. The van der Waals surface area contributed by atoms with E-state index in [1.165, 1.54) is 30.0 Å². The van der Waals surface area contributed by atoms with Crippen molar-refractivity contribution in [1.29, 1.82) is 0 Å². The van der Waals surface area contributed by atoms with Gasteiger partial charge < -0.3 is 5.11 Å². The molecule has 0 spiro atoms. The Morgan fingerprint density at radius 2 is 2.12 bits per heavy atom. The molecule has 0 bridgehead atoms. The lowest BCUT2D eigenvalue weighted by Crippen LogP contribution is -2.30. The SMILES string of the molecule is CC(C)SC(C)(C(=O)O)c1cccc(F)c1. The first-order chi connectivity index (χ1) is 7.36. The van der Waals surface area contributed by atoms with Gasteiger partial charge in [0.2, 0.25) is 0 Å². The lowest BCUT2D eigenvalue weighted by molar-refractivity contribution is -0.139. The molecule has 16 heavy (non-hydrogen) atoms. The van der Waals surface area contributed by atoms with Gasteiger partial charge in [-0.25, -0.2) is 4.39 Å². The van der Waals surface area contributed by atoms with Crippen LogP contribution in [0.15, 0.2) is 24.3 Å². The summed E-state index contributed by atoms with van der Waals surface area (Å²) in [5.74, 6) is -1.36. The van der Waals surface area contributed by atoms with Gasteiger partial charge in [-0.05, 0) is 24.6 Å². The van der Waals surface area contributed by atoms with E-state index in [0.717, 1.165) is 0 Å². The molecule has 1 aromatic rings. The van der Waals surface area contributed by atoms with Gasteiger partial charge in [0.1, 0.15) is 10.6 Å². The first-order valence-corrected chi connectivity index (χ1v) is 5.91. The number of carboxylic acid groups (broad SMARTS) is 1. The van der Waals surface area contributed by atoms with Gasteiger partial charge in [-0.3, -0.25) is 4.79 Å². The number of hydrogen-bond acceptors (Lipinski definition) is 2. The van der Waals surface area contributed by atoms with Crippen LogP contribution in [0.1, 0.15) is 26.3 Å². The largest absolute Gasteiger partial charge is 0.480 e. The summed E-state index contributed by atoms with van der Waals surface area (Å²) in [4.78, 5) is 11.3. The van der Waals surface area contributed by atoms with Gasteiger partial charge in [0, 0.05) is 5.25 Å². The third-order valence-electron chi connectivity index (χ3n) is 2.25. The van der Waals surface area contributed by atoms with Crippen molar-refractivity contribution >= 4 is 17.7 Å². The quantitative estimate of drug-likeness (QED) is 0.880. The minimum atomic E-state index is -1.10. The Labute approximate surface area is 98.9 Å². The van der Waals surface area contributed by atoms with Crippen molar-refractivity contribution in [2.45, 2.75) is 30.8 Å². The average molecular weight is 242 g/mol. The zero-order valence-corrected chi connectivity index (χ0v) is 10.3. The van der Waals surface area contributed by atoms with E-state index in [0.29, 0.717) is 5.56 Å². The Kier molecular flexibility index (Phi) is 3.97. The lowest BCUT2D eigenvalue weighted by atomic mass is 10.0. The van der Waals surface area contributed by atoms with E-state index in [1.54, 1.807) is 13.0 Å². The monoisotopic (exact) mass is 242 g/mol. The Hall–Kier alpha value is -1.03. The molecule has 0 aliphatic rings. The van der Waals surface area contributed by atoms with Gasteiger partial charge in [0.05, 0.1) is 0 Å². The Bertz CT molecular complexity index is 392. The number of benzene rings is 1. The standard InChI is InChI=1S/C12H15FO2S/c1-8(2)16-12(3,11(14)15)9-5-4-6-10(13)7-9/h4-8H,1-3H3,(H,14,15). The van der Waals surface area contributed by atoms with Crippen LogP contribution < -0.4 is 0 Å². The van der Waals surface area contributed by atoms with Crippen LogP contribution in [0.4, 0.5) is 4.39 Å². The smallest absolute Gasteiger partial charge is 0.324 e. The predicted octanol–water partition coefficient (Wildman–Crippen LogP) is 3.27. The summed E-state index contributed by atoms with van der Waals surface area (Å²) in [6.07, 6.45) is 0. The molecule has 1 N–H and O–H groups in total. The molecule has 0 aliphatic carbocycles. The van der Waals surface area contributed by atoms with Crippen LogP contribution >= 0.6 is 11.8 Å². The van der Waals surface area contributed by atoms with E-state index >= 15 is 0 Å². The fourth-order valence-corrected chi connectivity index (χ4v) is 2.81. The Morgan fingerprint density at radius 1 is 1.50 bits per heavy atom. The van der Waals surface area contributed by atoms with Crippen molar-refractivity contribution in [2.75, 3.05) is 0 Å². The second-order valence-corrected chi connectivity index (χ2v) is 6.01. The third-order valence-corrected chi connectivity index (χ3v) is 3.61. The highest BCUT2D eigenvalue weighted by Gasteiger charge is 2.36. The molecule has 0 saturated heterocycles. The second kappa shape index (κ2) is 4.87. The van der Waals surface area contributed by atoms with Crippen LogP contribution in [-0.4, -0.2) is 16.3 Å². The summed E-state index contributed by atoms with van der Waals surface area (Å²) in [6.45, 7) is 5.45. The molecule has 1 atom stereocenters. The number of carboxylic acids is 1. The molecular formula is C12H15FO2S. The van der Waals surface area contributed by atoms with Crippen molar-refractivity contribution in [3.05, 3.63) is 35.6 Å². The van der Waals surface area contributed by atoms with E-state index in [2.05, 4.69) is 0 Å². The number of thioether (sulfide) groups is 1. The van der Waals surface area contributed by atoms with Crippen LogP contribution in [0.3, 0.4) is 0 Å². The summed E-state index contributed by atoms with van der Waals surface area (Å²) in [6, 6.07) is 5.77. The van der Waals surface area contributed by atoms with Crippen LogP contribution in [0.5, 0.6) is 0 Å². The van der Waals surface area contributed by atoms with Crippen molar-refractivity contribution in [3.63, 3.8) is 0 Å². The molecule has 88 valence electrons. The van der Waals surface area contributed by atoms with Crippen molar-refractivity contribution in [2.24, 2.45) is 0 Å². The average Bonchev–Trinajstić information content (AvgIpc) is 2.16. The number of halogens is 1. The number of carbonyl (C=O) groups is 1. The normalized spacial score (nSPS) is 14.8. The molecule has 0 fully saturated rings. The van der Waals surface area contributed by atoms with E-state index in [9.17, 15) is 14.3 Å².